The number of ether oxygens (including phenoxy) is 1. The van der Waals surface area contributed by atoms with Crippen molar-refractivity contribution in [3.63, 3.8) is 0 Å². The summed E-state index contributed by atoms with van der Waals surface area (Å²) in [6, 6.07) is 10.7. The summed E-state index contributed by atoms with van der Waals surface area (Å²) >= 11 is 0. The molecule has 1 aliphatic heterocycles. The van der Waals surface area contributed by atoms with Crippen LogP contribution in [0.25, 0.3) is 0 Å². The first-order chi connectivity index (χ1) is 12.3. The van der Waals surface area contributed by atoms with Crippen LogP contribution in [0.2, 0.25) is 0 Å². The second-order valence-corrected chi connectivity index (χ2v) is 7.54. The molecule has 0 fully saturated rings. The molecule has 2 atom stereocenters. The van der Waals surface area contributed by atoms with Crippen LogP contribution in [0.1, 0.15) is 17.0 Å². The van der Waals surface area contributed by atoms with Gasteiger partial charge in [-0.2, -0.15) is 8.42 Å². The molecule has 2 N–H and O–H groups in total. The van der Waals surface area contributed by atoms with E-state index in [2.05, 4.69) is 0 Å². The third kappa shape index (κ3) is 2.71. The molecule has 1 heterocycles. The van der Waals surface area contributed by atoms with Gasteiger partial charge in [-0.25, -0.2) is 0 Å². The normalized spacial score (nSPS) is 21.4. The van der Waals surface area contributed by atoms with E-state index in [1.54, 1.807) is 24.3 Å². The van der Waals surface area contributed by atoms with Gasteiger partial charge in [-0.1, -0.05) is 30.3 Å². The fourth-order valence-electron chi connectivity index (χ4n) is 3.47. The van der Waals surface area contributed by atoms with Crippen LogP contribution in [0, 0.1) is 5.92 Å². The van der Waals surface area contributed by atoms with Crippen molar-refractivity contribution in [1.29, 1.82) is 0 Å². The van der Waals surface area contributed by atoms with E-state index < -0.39 is 22.0 Å². The van der Waals surface area contributed by atoms with Crippen LogP contribution in [0.3, 0.4) is 0 Å². The van der Waals surface area contributed by atoms with Gasteiger partial charge in [0.15, 0.2) is 5.78 Å². The topological polar surface area (TPSA) is 101 Å². The number of ketones is 1. The first-order valence-electron chi connectivity index (χ1n) is 7.85. The molecular weight excluding hydrogens is 356 g/mol. The van der Waals surface area contributed by atoms with E-state index in [1.165, 1.54) is 36.4 Å². The number of aromatic hydroxyl groups is 1. The third-order valence-corrected chi connectivity index (χ3v) is 5.46. The molecule has 132 valence electrons. The minimum Gasteiger partial charge on any atom is -0.508 e. The van der Waals surface area contributed by atoms with Crippen LogP contribution in [0.15, 0.2) is 71.3 Å². The number of phenols is 1. The Kier molecular flexibility index (Phi) is 3.71. The second kappa shape index (κ2) is 5.82. The largest absolute Gasteiger partial charge is 0.508 e. The Morgan fingerprint density at radius 3 is 2.58 bits per heavy atom. The fourth-order valence-corrected chi connectivity index (χ4v) is 4.22. The Balaban J connectivity index is 1.99. The lowest BCUT2D eigenvalue weighted by Gasteiger charge is -2.35. The summed E-state index contributed by atoms with van der Waals surface area (Å²) in [6.07, 6.45) is 4.42. The van der Waals surface area contributed by atoms with Gasteiger partial charge in [0.05, 0.1) is 4.90 Å². The second-order valence-electron chi connectivity index (χ2n) is 6.15. The number of phenolic OH excluding ortho intramolecular Hbond substituents is 1. The quantitative estimate of drug-likeness (QED) is 0.789. The molecule has 2 aromatic rings. The van der Waals surface area contributed by atoms with Crippen LogP contribution in [-0.4, -0.2) is 23.9 Å². The highest BCUT2D eigenvalue weighted by Crippen LogP contribution is 2.49. The molecule has 1 aliphatic carbocycles. The van der Waals surface area contributed by atoms with E-state index >= 15 is 0 Å². The Bertz CT molecular complexity index is 1080. The summed E-state index contributed by atoms with van der Waals surface area (Å²) < 4.78 is 39.2. The SMILES string of the molecule is O=C1C=CC2C(=C1)Oc1cc(O)ccc1C2c1ccccc1S(=O)(=O)O. The summed E-state index contributed by atoms with van der Waals surface area (Å²) in [5.74, 6) is -0.457. The van der Waals surface area contributed by atoms with Gasteiger partial charge in [0.1, 0.15) is 17.3 Å². The van der Waals surface area contributed by atoms with Crippen LogP contribution in [0.4, 0.5) is 0 Å². The molecule has 2 aromatic carbocycles. The van der Waals surface area contributed by atoms with Crippen molar-refractivity contribution in [1.82, 2.24) is 0 Å². The van der Waals surface area contributed by atoms with E-state index in [0.717, 1.165) is 0 Å². The summed E-state index contributed by atoms with van der Waals surface area (Å²) in [5, 5.41) is 9.76. The van der Waals surface area contributed by atoms with E-state index in [1.807, 2.05) is 0 Å². The number of carbonyl (C=O) groups excluding carboxylic acids is 1. The molecule has 2 unspecified atom stereocenters. The van der Waals surface area contributed by atoms with Gasteiger partial charge in [-0.05, 0) is 23.8 Å². The number of rotatable bonds is 2. The van der Waals surface area contributed by atoms with Crippen molar-refractivity contribution in [2.75, 3.05) is 0 Å². The van der Waals surface area contributed by atoms with Gasteiger partial charge >= 0.3 is 0 Å². The third-order valence-electron chi connectivity index (χ3n) is 4.53. The Morgan fingerprint density at radius 1 is 1.04 bits per heavy atom. The molecule has 2 aliphatic rings. The molecule has 6 nitrogen and oxygen atoms in total. The number of fused-ring (bicyclic) bond motifs is 2. The first kappa shape index (κ1) is 16.6. The van der Waals surface area contributed by atoms with E-state index in [-0.39, 0.29) is 16.4 Å². The van der Waals surface area contributed by atoms with Crippen LogP contribution in [-0.2, 0) is 14.9 Å². The maximum atomic E-state index is 11.9. The minimum atomic E-state index is -4.44. The molecule has 0 spiro atoms. The average Bonchev–Trinajstić information content (AvgIpc) is 2.58. The highest BCUT2D eigenvalue weighted by atomic mass is 32.2. The fraction of sp³-hybridized carbons (Fsp3) is 0.105. The summed E-state index contributed by atoms with van der Waals surface area (Å²) in [5.41, 5.74) is 1.04. The van der Waals surface area contributed by atoms with Crippen LogP contribution < -0.4 is 4.74 Å². The monoisotopic (exact) mass is 370 g/mol. The standard InChI is InChI=1S/C19H14O6S/c20-11-5-7-13-16(9-11)25-17-10-12(21)6-8-14(17)19(13)15-3-1-2-4-18(15)26(22,23)24/h1-10,13,19,21H,(H,22,23,24). The first-order valence-corrected chi connectivity index (χ1v) is 9.29. The van der Waals surface area contributed by atoms with Gasteiger partial charge in [-0.3, -0.25) is 9.35 Å². The number of benzene rings is 2. The molecular formula is C19H14O6S. The smallest absolute Gasteiger partial charge is 0.294 e. The van der Waals surface area contributed by atoms with Gasteiger partial charge in [-0.15, -0.1) is 0 Å². The number of hydrogen-bond acceptors (Lipinski definition) is 5. The van der Waals surface area contributed by atoms with Crippen molar-refractivity contribution < 1.29 is 27.6 Å². The molecule has 26 heavy (non-hydrogen) atoms. The molecule has 0 bridgehead atoms. The summed E-state index contributed by atoms with van der Waals surface area (Å²) in [6.45, 7) is 0. The minimum absolute atomic E-state index is 0.0118. The lowest BCUT2D eigenvalue weighted by atomic mass is 9.76. The molecule has 0 saturated carbocycles. The maximum absolute atomic E-state index is 11.9. The Hall–Kier alpha value is -2.90. The zero-order valence-corrected chi connectivity index (χ0v) is 14.2. The summed E-state index contributed by atoms with van der Waals surface area (Å²) in [4.78, 5) is 11.5. The summed E-state index contributed by atoms with van der Waals surface area (Å²) in [7, 11) is -4.44. The molecule has 7 heteroatoms. The average molecular weight is 370 g/mol. The van der Waals surface area contributed by atoms with Gasteiger partial charge in [0.25, 0.3) is 10.1 Å². The van der Waals surface area contributed by atoms with Crippen LogP contribution >= 0.6 is 0 Å². The van der Waals surface area contributed by atoms with Crippen LogP contribution in [0.5, 0.6) is 11.5 Å². The van der Waals surface area contributed by atoms with E-state index in [0.29, 0.717) is 22.6 Å². The van der Waals surface area contributed by atoms with Gasteiger partial charge in [0, 0.05) is 29.5 Å². The Labute approximate surface area is 149 Å². The number of allylic oxidation sites excluding steroid dienone is 3. The van der Waals surface area contributed by atoms with Crippen molar-refractivity contribution in [2.24, 2.45) is 5.92 Å². The zero-order chi connectivity index (χ0) is 18.5. The predicted molar refractivity (Wildman–Crippen MR) is 92.6 cm³/mol. The lowest BCUT2D eigenvalue weighted by molar-refractivity contribution is -0.110. The maximum Gasteiger partial charge on any atom is 0.294 e. The van der Waals surface area contributed by atoms with E-state index in [4.69, 9.17) is 4.74 Å². The number of carbonyl (C=O) groups is 1. The highest BCUT2D eigenvalue weighted by molar-refractivity contribution is 7.85. The van der Waals surface area contributed by atoms with Crippen molar-refractivity contribution >= 4 is 15.9 Å². The van der Waals surface area contributed by atoms with Gasteiger partial charge in [0.2, 0.25) is 0 Å². The molecule has 0 saturated heterocycles. The molecule has 0 radical (unpaired) electrons. The lowest BCUT2D eigenvalue weighted by Crippen LogP contribution is -2.27. The van der Waals surface area contributed by atoms with Crippen molar-refractivity contribution in [2.45, 2.75) is 10.8 Å². The number of hydrogen-bond donors (Lipinski definition) is 2. The van der Waals surface area contributed by atoms with Crippen molar-refractivity contribution in [3.8, 4) is 11.5 Å². The predicted octanol–water partition coefficient (Wildman–Crippen LogP) is 2.80. The van der Waals surface area contributed by atoms with Crippen molar-refractivity contribution in [3.05, 3.63) is 77.6 Å². The molecule has 0 amide bonds. The Morgan fingerprint density at radius 2 is 1.81 bits per heavy atom. The van der Waals surface area contributed by atoms with E-state index in [9.17, 15) is 22.9 Å². The molecule has 4 rings (SSSR count). The van der Waals surface area contributed by atoms with Gasteiger partial charge < -0.3 is 9.84 Å². The zero-order valence-electron chi connectivity index (χ0n) is 13.4. The highest BCUT2D eigenvalue weighted by Gasteiger charge is 2.38. The molecule has 0 aromatic heterocycles.